The van der Waals surface area contributed by atoms with E-state index in [9.17, 15) is 17.6 Å². The van der Waals surface area contributed by atoms with Gasteiger partial charge in [-0.3, -0.25) is 4.79 Å². The van der Waals surface area contributed by atoms with E-state index in [0.29, 0.717) is 18.9 Å². The van der Waals surface area contributed by atoms with Crippen molar-refractivity contribution < 1.29 is 17.6 Å². The predicted molar refractivity (Wildman–Crippen MR) is 95.9 cm³/mol. The lowest BCUT2D eigenvalue weighted by Crippen LogP contribution is -2.41. The molecule has 6 nitrogen and oxygen atoms in total. The van der Waals surface area contributed by atoms with Gasteiger partial charge in [0.05, 0.1) is 4.90 Å². The molecule has 0 heterocycles. The zero-order valence-electron chi connectivity index (χ0n) is 15.0. The van der Waals surface area contributed by atoms with E-state index >= 15 is 0 Å². The number of sulfonamides is 1. The molecule has 1 aromatic carbocycles. The van der Waals surface area contributed by atoms with Crippen molar-refractivity contribution in [2.45, 2.75) is 44.0 Å². The van der Waals surface area contributed by atoms with Gasteiger partial charge in [0.15, 0.2) is 0 Å². The standard InChI is InChI=1S/C17H28FN3O3S/c1-13(2)11-15(12-19)20-17(22)5-4-10-21(3)25(23,24)16-8-6-14(18)7-9-16/h6-9,13,15H,4-5,10-12,19H2,1-3H3,(H,20,22). The quantitative estimate of drug-likeness (QED) is 0.653. The van der Waals surface area contributed by atoms with Gasteiger partial charge in [0.2, 0.25) is 15.9 Å². The number of carbonyl (C=O) groups is 1. The second-order valence-electron chi connectivity index (χ2n) is 6.51. The summed E-state index contributed by atoms with van der Waals surface area (Å²) in [4.78, 5) is 12.0. The van der Waals surface area contributed by atoms with Crippen LogP contribution < -0.4 is 11.1 Å². The van der Waals surface area contributed by atoms with Crippen molar-refractivity contribution in [3.05, 3.63) is 30.1 Å². The molecule has 0 aliphatic rings. The minimum absolute atomic E-state index is 0.0287. The fourth-order valence-corrected chi connectivity index (χ4v) is 3.66. The van der Waals surface area contributed by atoms with Crippen LogP contribution in [-0.4, -0.2) is 44.8 Å². The Morgan fingerprint density at radius 1 is 1.28 bits per heavy atom. The van der Waals surface area contributed by atoms with Crippen LogP contribution in [0, 0.1) is 11.7 Å². The average Bonchev–Trinajstić information content (AvgIpc) is 2.54. The van der Waals surface area contributed by atoms with Crippen LogP contribution in [0.1, 0.15) is 33.1 Å². The van der Waals surface area contributed by atoms with Crippen LogP contribution in [-0.2, 0) is 14.8 Å². The van der Waals surface area contributed by atoms with Gasteiger partial charge in [-0.2, -0.15) is 0 Å². The van der Waals surface area contributed by atoms with Crippen LogP contribution >= 0.6 is 0 Å². The molecule has 0 saturated carbocycles. The van der Waals surface area contributed by atoms with Gasteiger partial charge in [-0.25, -0.2) is 17.1 Å². The number of carbonyl (C=O) groups excluding carboxylic acids is 1. The fourth-order valence-electron chi connectivity index (χ4n) is 2.45. The second-order valence-corrected chi connectivity index (χ2v) is 8.56. The summed E-state index contributed by atoms with van der Waals surface area (Å²) in [5.41, 5.74) is 5.65. The van der Waals surface area contributed by atoms with Gasteiger partial charge in [-0.1, -0.05) is 13.8 Å². The topological polar surface area (TPSA) is 92.5 Å². The highest BCUT2D eigenvalue weighted by Crippen LogP contribution is 2.15. The molecule has 0 aliphatic carbocycles. The van der Waals surface area contributed by atoms with E-state index in [1.165, 1.54) is 23.5 Å². The highest BCUT2D eigenvalue weighted by molar-refractivity contribution is 7.89. The molecule has 1 rings (SSSR count). The Kier molecular flexibility index (Phi) is 8.47. The zero-order valence-corrected chi connectivity index (χ0v) is 15.9. The Bertz CT molecular complexity index is 648. The van der Waals surface area contributed by atoms with Crippen molar-refractivity contribution in [2.24, 2.45) is 11.7 Å². The second kappa shape index (κ2) is 9.84. The highest BCUT2D eigenvalue weighted by atomic mass is 32.2. The van der Waals surface area contributed by atoms with Crippen molar-refractivity contribution in [2.75, 3.05) is 20.1 Å². The summed E-state index contributed by atoms with van der Waals surface area (Å²) >= 11 is 0. The summed E-state index contributed by atoms with van der Waals surface area (Å²) in [7, 11) is -2.24. The maximum atomic E-state index is 12.9. The van der Waals surface area contributed by atoms with Crippen LogP contribution in [0.15, 0.2) is 29.2 Å². The van der Waals surface area contributed by atoms with E-state index in [-0.39, 0.29) is 29.8 Å². The van der Waals surface area contributed by atoms with Crippen molar-refractivity contribution in [1.29, 1.82) is 0 Å². The van der Waals surface area contributed by atoms with Gasteiger partial charge in [-0.15, -0.1) is 0 Å². The first kappa shape index (κ1) is 21.5. The van der Waals surface area contributed by atoms with Crippen LogP contribution in [0.2, 0.25) is 0 Å². The molecule has 3 N–H and O–H groups in total. The lowest BCUT2D eigenvalue weighted by atomic mass is 10.0. The van der Waals surface area contributed by atoms with Gasteiger partial charge in [0.1, 0.15) is 5.82 Å². The van der Waals surface area contributed by atoms with Gasteiger partial charge in [0, 0.05) is 32.6 Å². The first-order valence-corrected chi connectivity index (χ1v) is 9.82. The Morgan fingerprint density at radius 3 is 2.40 bits per heavy atom. The number of hydrogen-bond donors (Lipinski definition) is 2. The van der Waals surface area contributed by atoms with Crippen LogP contribution in [0.25, 0.3) is 0 Å². The average molecular weight is 373 g/mol. The molecule has 0 bridgehead atoms. The molecule has 0 saturated heterocycles. The molecule has 8 heteroatoms. The number of rotatable bonds is 10. The maximum Gasteiger partial charge on any atom is 0.242 e. The molecule has 0 fully saturated rings. The van der Waals surface area contributed by atoms with E-state index in [2.05, 4.69) is 19.2 Å². The number of nitrogens with zero attached hydrogens (tertiary/aromatic N) is 1. The van der Waals surface area contributed by atoms with E-state index in [4.69, 9.17) is 5.73 Å². The Hall–Kier alpha value is -1.51. The number of amides is 1. The number of benzene rings is 1. The van der Waals surface area contributed by atoms with Gasteiger partial charge < -0.3 is 11.1 Å². The zero-order chi connectivity index (χ0) is 19.0. The predicted octanol–water partition coefficient (Wildman–Crippen LogP) is 1.72. The van der Waals surface area contributed by atoms with Crippen molar-refractivity contribution in [3.63, 3.8) is 0 Å². The molecule has 1 aromatic rings. The van der Waals surface area contributed by atoms with Crippen molar-refractivity contribution in [1.82, 2.24) is 9.62 Å². The number of nitrogens with one attached hydrogen (secondary N) is 1. The van der Waals surface area contributed by atoms with Crippen molar-refractivity contribution in [3.8, 4) is 0 Å². The minimum atomic E-state index is -3.68. The molecular formula is C17H28FN3O3S. The lowest BCUT2D eigenvalue weighted by molar-refractivity contribution is -0.121. The summed E-state index contributed by atoms with van der Waals surface area (Å²) in [6, 6.07) is 4.61. The molecule has 1 atom stereocenters. The molecule has 1 amide bonds. The molecule has 142 valence electrons. The normalized spacial score (nSPS) is 13.2. The summed E-state index contributed by atoms with van der Waals surface area (Å²) in [6.07, 6.45) is 1.42. The SMILES string of the molecule is CC(C)CC(CN)NC(=O)CCCN(C)S(=O)(=O)c1ccc(F)cc1. The summed E-state index contributed by atoms with van der Waals surface area (Å²) in [6.45, 7) is 4.70. The number of halogens is 1. The molecule has 0 aliphatic heterocycles. The first-order chi connectivity index (χ1) is 11.7. The first-order valence-electron chi connectivity index (χ1n) is 8.38. The molecule has 25 heavy (non-hydrogen) atoms. The summed E-state index contributed by atoms with van der Waals surface area (Å²) in [5.74, 6) is -0.196. The minimum Gasteiger partial charge on any atom is -0.352 e. The molecule has 0 spiro atoms. The third kappa shape index (κ3) is 7.09. The highest BCUT2D eigenvalue weighted by Gasteiger charge is 2.21. The largest absolute Gasteiger partial charge is 0.352 e. The summed E-state index contributed by atoms with van der Waals surface area (Å²) in [5, 5.41) is 2.87. The Balaban J connectivity index is 2.49. The van der Waals surface area contributed by atoms with Gasteiger partial charge in [0.25, 0.3) is 0 Å². The fraction of sp³-hybridized carbons (Fsp3) is 0.588. The number of hydrogen-bond acceptors (Lipinski definition) is 4. The van der Waals surface area contributed by atoms with Crippen LogP contribution in [0.4, 0.5) is 4.39 Å². The van der Waals surface area contributed by atoms with Gasteiger partial charge >= 0.3 is 0 Å². The van der Waals surface area contributed by atoms with Crippen LogP contribution in [0.3, 0.4) is 0 Å². The third-order valence-corrected chi connectivity index (χ3v) is 5.68. The Labute approximate surface area is 149 Å². The Morgan fingerprint density at radius 2 is 1.88 bits per heavy atom. The maximum absolute atomic E-state index is 12.9. The van der Waals surface area contributed by atoms with Gasteiger partial charge in [-0.05, 0) is 43.0 Å². The van der Waals surface area contributed by atoms with Crippen LogP contribution in [0.5, 0.6) is 0 Å². The molecular weight excluding hydrogens is 345 g/mol. The molecule has 0 radical (unpaired) electrons. The van der Waals surface area contributed by atoms with E-state index in [0.717, 1.165) is 18.6 Å². The smallest absolute Gasteiger partial charge is 0.242 e. The third-order valence-electron chi connectivity index (χ3n) is 3.80. The van der Waals surface area contributed by atoms with E-state index in [1.54, 1.807) is 0 Å². The molecule has 0 aromatic heterocycles. The lowest BCUT2D eigenvalue weighted by Gasteiger charge is -2.20. The van der Waals surface area contributed by atoms with Crippen molar-refractivity contribution >= 4 is 15.9 Å². The molecule has 1 unspecified atom stereocenters. The monoisotopic (exact) mass is 373 g/mol. The summed E-state index contributed by atoms with van der Waals surface area (Å²) < 4.78 is 38.8. The number of nitrogens with two attached hydrogens (primary N) is 1. The van der Waals surface area contributed by atoms with E-state index < -0.39 is 15.8 Å². The van der Waals surface area contributed by atoms with E-state index in [1.807, 2.05) is 0 Å².